The van der Waals surface area contributed by atoms with Crippen LogP contribution in [0.2, 0.25) is 0 Å². The van der Waals surface area contributed by atoms with Crippen LogP contribution in [0.15, 0.2) is 36.5 Å². The molecule has 6 heteroatoms. The highest BCUT2D eigenvalue weighted by Crippen LogP contribution is 2.23. The zero-order valence-electron chi connectivity index (χ0n) is 14.7. The second kappa shape index (κ2) is 7.21. The summed E-state index contributed by atoms with van der Waals surface area (Å²) < 4.78 is 0. The first-order valence-electron chi connectivity index (χ1n) is 8.09. The van der Waals surface area contributed by atoms with Crippen molar-refractivity contribution < 1.29 is 4.79 Å². The van der Waals surface area contributed by atoms with Gasteiger partial charge in [0.25, 0.3) is 5.91 Å². The van der Waals surface area contributed by atoms with Crippen LogP contribution in [0.1, 0.15) is 25.7 Å². The van der Waals surface area contributed by atoms with Crippen molar-refractivity contribution in [2.75, 3.05) is 19.8 Å². The highest BCUT2D eigenvalue weighted by atomic mass is 32.1. The Bertz CT molecular complexity index is 917. The Hall–Kier alpha value is -2.44. The van der Waals surface area contributed by atoms with E-state index in [0.717, 1.165) is 33.3 Å². The fourth-order valence-electron chi connectivity index (χ4n) is 2.71. The summed E-state index contributed by atoms with van der Waals surface area (Å²) in [6.07, 6.45) is 1.70. The first-order valence-corrected chi connectivity index (χ1v) is 8.91. The molecule has 0 spiro atoms. The van der Waals surface area contributed by atoms with Gasteiger partial charge in [-0.1, -0.05) is 12.1 Å². The number of pyridine rings is 1. The molecule has 0 aliphatic rings. The average Bonchev–Trinajstić information content (AvgIpc) is 2.93. The van der Waals surface area contributed by atoms with E-state index in [-0.39, 0.29) is 5.91 Å². The topological polar surface area (TPSA) is 71.2 Å². The number of carbonyl (C=O) groups excluding carboxylic acids is 1. The van der Waals surface area contributed by atoms with Crippen molar-refractivity contribution in [1.29, 1.82) is 0 Å². The van der Waals surface area contributed by atoms with Gasteiger partial charge in [-0.2, -0.15) is 0 Å². The molecule has 3 rings (SSSR count). The van der Waals surface area contributed by atoms with E-state index in [4.69, 9.17) is 5.73 Å². The molecule has 2 aromatic heterocycles. The van der Waals surface area contributed by atoms with Crippen LogP contribution in [0.3, 0.4) is 0 Å². The number of anilines is 1. The number of carbonyl (C=O) groups is 1. The molecule has 0 radical (unpaired) electrons. The molecule has 0 bridgehead atoms. The number of nitrogen functional groups attached to an aromatic ring is 1. The van der Waals surface area contributed by atoms with Gasteiger partial charge in [0.1, 0.15) is 5.82 Å². The third kappa shape index (κ3) is 3.97. The Morgan fingerprint density at radius 2 is 2.08 bits per heavy atom. The molecule has 0 atom stereocenters. The fourth-order valence-corrected chi connectivity index (χ4v) is 3.91. The number of nitrogens with one attached hydrogen (secondary N) is 1. The normalized spacial score (nSPS) is 11.2. The van der Waals surface area contributed by atoms with Crippen molar-refractivity contribution in [2.45, 2.75) is 20.0 Å². The second-order valence-corrected chi connectivity index (χ2v) is 7.53. The van der Waals surface area contributed by atoms with E-state index in [1.807, 2.05) is 51.4 Å². The Morgan fingerprint density at radius 3 is 2.84 bits per heavy atom. The molecule has 0 unspecified atom stereocenters. The maximum Gasteiger partial charge on any atom is 0.261 e. The SMILES string of the molecule is Cc1cc(C(=O)NCc2ccc3c(N)nccc3c2)sc1CN(C)C. The molecule has 0 fully saturated rings. The van der Waals surface area contributed by atoms with E-state index in [2.05, 4.69) is 15.2 Å². The van der Waals surface area contributed by atoms with Gasteiger partial charge in [-0.05, 0) is 55.7 Å². The van der Waals surface area contributed by atoms with Gasteiger partial charge in [0.05, 0.1) is 4.88 Å². The van der Waals surface area contributed by atoms with Crippen LogP contribution < -0.4 is 11.1 Å². The summed E-state index contributed by atoms with van der Waals surface area (Å²) in [5, 5.41) is 4.96. The lowest BCUT2D eigenvalue weighted by Crippen LogP contribution is -2.21. The minimum Gasteiger partial charge on any atom is -0.383 e. The molecule has 0 aliphatic carbocycles. The van der Waals surface area contributed by atoms with Gasteiger partial charge >= 0.3 is 0 Å². The van der Waals surface area contributed by atoms with Crippen LogP contribution in [-0.2, 0) is 13.1 Å². The number of benzene rings is 1. The maximum atomic E-state index is 12.4. The summed E-state index contributed by atoms with van der Waals surface area (Å²) in [6, 6.07) is 9.84. The van der Waals surface area contributed by atoms with E-state index in [0.29, 0.717) is 12.4 Å². The third-order valence-electron chi connectivity index (χ3n) is 4.02. The number of hydrogen-bond acceptors (Lipinski definition) is 5. The molecular weight excluding hydrogens is 332 g/mol. The second-order valence-electron chi connectivity index (χ2n) is 6.39. The summed E-state index contributed by atoms with van der Waals surface area (Å²) in [5.74, 6) is 0.489. The minimum atomic E-state index is -0.0348. The summed E-state index contributed by atoms with van der Waals surface area (Å²) in [4.78, 5) is 20.6. The van der Waals surface area contributed by atoms with Gasteiger partial charge in [0, 0.05) is 29.5 Å². The van der Waals surface area contributed by atoms with Crippen molar-refractivity contribution in [3.05, 3.63) is 57.4 Å². The Balaban J connectivity index is 1.70. The van der Waals surface area contributed by atoms with E-state index < -0.39 is 0 Å². The zero-order chi connectivity index (χ0) is 18.0. The molecule has 0 saturated carbocycles. The Kier molecular flexibility index (Phi) is 5.01. The molecule has 1 aromatic carbocycles. The predicted octanol–water partition coefficient (Wildman–Crippen LogP) is 3.18. The lowest BCUT2D eigenvalue weighted by molar-refractivity contribution is 0.0955. The monoisotopic (exact) mass is 354 g/mol. The van der Waals surface area contributed by atoms with Gasteiger partial charge in [0.15, 0.2) is 0 Å². The highest BCUT2D eigenvalue weighted by Gasteiger charge is 2.13. The lowest BCUT2D eigenvalue weighted by Gasteiger charge is -2.08. The van der Waals surface area contributed by atoms with Crippen LogP contribution in [0.4, 0.5) is 5.82 Å². The number of nitrogens with two attached hydrogens (primary N) is 1. The van der Waals surface area contributed by atoms with Crippen molar-refractivity contribution in [2.24, 2.45) is 0 Å². The zero-order valence-corrected chi connectivity index (χ0v) is 15.5. The Morgan fingerprint density at radius 1 is 1.28 bits per heavy atom. The van der Waals surface area contributed by atoms with Gasteiger partial charge in [-0.25, -0.2) is 4.98 Å². The van der Waals surface area contributed by atoms with Gasteiger partial charge in [0.2, 0.25) is 0 Å². The van der Waals surface area contributed by atoms with E-state index >= 15 is 0 Å². The molecule has 3 aromatic rings. The van der Waals surface area contributed by atoms with E-state index in [9.17, 15) is 4.79 Å². The number of nitrogens with zero attached hydrogens (tertiary/aromatic N) is 2. The quantitative estimate of drug-likeness (QED) is 0.738. The molecular formula is C19H22N4OS. The van der Waals surface area contributed by atoms with E-state index in [1.165, 1.54) is 4.88 Å². The smallest absolute Gasteiger partial charge is 0.261 e. The van der Waals surface area contributed by atoms with Crippen molar-refractivity contribution in [3.8, 4) is 0 Å². The number of thiophene rings is 1. The van der Waals surface area contributed by atoms with Crippen molar-refractivity contribution in [3.63, 3.8) is 0 Å². The highest BCUT2D eigenvalue weighted by molar-refractivity contribution is 7.14. The van der Waals surface area contributed by atoms with Crippen molar-refractivity contribution in [1.82, 2.24) is 15.2 Å². The number of aryl methyl sites for hydroxylation is 1. The van der Waals surface area contributed by atoms with Gasteiger partial charge in [-0.15, -0.1) is 11.3 Å². The number of rotatable bonds is 5. The lowest BCUT2D eigenvalue weighted by atomic mass is 10.1. The van der Waals surface area contributed by atoms with Gasteiger partial charge < -0.3 is 16.0 Å². The molecule has 25 heavy (non-hydrogen) atoms. The summed E-state index contributed by atoms with van der Waals surface area (Å²) >= 11 is 1.56. The minimum absolute atomic E-state index is 0.0348. The fraction of sp³-hybridized carbons (Fsp3) is 0.263. The van der Waals surface area contributed by atoms with Crippen LogP contribution >= 0.6 is 11.3 Å². The standard InChI is InChI=1S/C19H22N4OS/c1-12-8-16(25-17(12)11-23(2)3)19(24)22-10-13-4-5-15-14(9-13)6-7-21-18(15)20/h4-9H,10-11H2,1-3H3,(H2,20,21)(H,22,24). The average molecular weight is 354 g/mol. The predicted molar refractivity (Wildman–Crippen MR) is 104 cm³/mol. The first-order chi connectivity index (χ1) is 11.9. The van der Waals surface area contributed by atoms with Crippen LogP contribution in [0.25, 0.3) is 10.8 Å². The number of hydrogen-bond donors (Lipinski definition) is 2. The van der Waals surface area contributed by atoms with E-state index in [1.54, 1.807) is 17.5 Å². The summed E-state index contributed by atoms with van der Waals surface area (Å²) in [5.41, 5.74) is 8.07. The number of aromatic nitrogens is 1. The maximum absolute atomic E-state index is 12.4. The van der Waals surface area contributed by atoms with Crippen LogP contribution in [0, 0.1) is 6.92 Å². The molecule has 5 nitrogen and oxygen atoms in total. The van der Waals surface area contributed by atoms with Crippen LogP contribution in [0.5, 0.6) is 0 Å². The summed E-state index contributed by atoms with van der Waals surface area (Å²) in [6.45, 7) is 3.38. The molecule has 2 heterocycles. The van der Waals surface area contributed by atoms with Crippen LogP contribution in [-0.4, -0.2) is 29.9 Å². The number of fused-ring (bicyclic) bond motifs is 1. The summed E-state index contributed by atoms with van der Waals surface area (Å²) in [7, 11) is 4.06. The largest absolute Gasteiger partial charge is 0.383 e. The Labute approximate surface area is 151 Å². The third-order valence-corrected chi connectivity index (χ3v) is 5.24. The number of amides is 1. The molecule has 0 aliphatic heterocycles. The van der Waals surface area contributed by atoms with Crippen molar-refractivity contribution >= 4 is 33.8 Å². The molecule has 0 saturated heterocycles. The molecule has 1 amide bonds. The molecule has 3 N–H and O–H groups in total. The molecule has 130 valence electrons. The first kappa shape index (κ1) is 17.4. The van der Waals surface area contributed by atoms with Gasteiger partial charge in [-0.3, -0.25) is 4.79 Å².